The van der Waals surface area contributed by atoms with E-state index < -0.39 is 0 Å². The highest BCUT2D eigenvalue weighted by Gasteiger charge is 2.17. The number of benzene rings is 7. The van der Waals surface area contributed by atoms with Crippen LogP contribution in [0.15, 0.2) is 138 Å². The Kier molecular flexibility index (Phi) is 4.17. The van der Waals surface area contributed by atoms with Gasteiger partial charge in [-0.15, -0.1) is 0 Å². The summed E-state index contributed by atoms with van der Waals surface area (Å²) in [5, 5.41) is 8.10. The van der Waals surface area contributed by atoms with Crippen LogP contribution in [0.3, 0.4) is 0 Å². The number of fused-ring (bicyclic) bond motifs is 6. The van der Waals surface area contributed by atoms with Crippen molar-refractivity contribution in [2.24, 2.45) is 0 Å². The summed E-state index contributed by atoms with van der Waals surface area (Å²) in [5.74, 6) is 0. The third kappa shape index (κ3) is 3.62. The van der Waals surface area contributed by atoms with E-state index in [4.69, 9.17) is 9.90 Å². The highest BCUT2D eigenvalue weighted by Crippen LogP contribution is 2.38. The van der Waals surface area contributed by atoms with Gasteiger partial charge in [0.15, 0.2) is 0 Å². The maximum Gasteiger partial charge on any atom is 0.135 e. The lowest BCUT2D eigenvalue weighted by Gasteiger charge is -2.18. The smallest absolute Gasteiger partial charge is 0.135 e. The predicted molar refractivity (Wildman–Crippen MR) is 165 cm³/mol. The van der Waals surface area contributed by atoms with Gasteiger partial charge in [0.2, 0.25) is 0 Å². The normalized spacial score (nSPS) is 13.2. The average molecular weight is 503 g/mol. The van der Waals surface area contributed by atoms with Crippen LogP contribution >= 0.6 is 0 Å². The standard InChI is InChI=1S/C38H26O/c1-2-11-27-22-25(20-21-26(27)10-1)23-34-29-13-3-5-15-31(29)35(32-16-6-4-14-30(32)34)24-28-12-9-19-37-38(28)33-17-7-8-18-36(33)39-37/h1-22H,23-24H2/i3D,4D,5D,6D. The van der Waals surface area contributed by atoms with Crippen LogP contribution in [-0.2, 0) is 12.8 Å². The molecular formula is C38H26O. The van der Waals surface area contributed by atoms with E-state index in [-0.39, 0.29) is 24.2 Å². The lowest BCUT2D eigenvalue weighted by molar-refractivity contribution is 0.668. The van der Waals surface area contributed by atoms with Gasteiger partial charge in [-0.2, -0.15) is 0 Å². The zero-order valence-electron chi connectivity index (χ0n) is 25.2. The van der Waals surface area contributed by atoms with E-state index in [1.165, 1.54) is 5.39 Å². The highest BCUT2D eigenvalue weighted by molar-refractivity contribution is 6.09. The summed E-state index contributed by atoms with van der Waals surface area (Å²) in [6, 6.07) is 36.8. The minimum Gasteiger partial charge on any atom is -0.456 e. The first-order valence-electron chi connectivity index (χ1n) is 15.3. The highest BCUT2D eigenvalue weighted by atomic mass is 16.3. The Labute approximate surface area is 232 Å². The van der Waals surface area contributed by atoms with Crippen molar-refractivity contribution in [3.05, 3.63) is 156 Å². The third-order valence-corrected chi connectivity index (χ3v) is 7.96. The van der Waals surface area contributed by atoms with Gasteiger partial charge < -0.3 is 4.42 Å². The lowest BCUT2D eigenvalue weighted by Crippen LogP contribution is -1.99. The van der Waals surface area contributed by atoms with Crippen molar-refractivity contribution < 1.29 is 9.90 Å². The largest absolute Gasteiger partial charge is 0.456 e. The summed E-state index contributed by atoms with van der Waals surface area (Å²) in [4.78, 5) is 0. The van der Waals surface area contributed by atoms with Crippen molar-refractivity contribution in [1.82, 2.24) is 0 Å². The molecule has 0 atom stereocenters. The molecule has 1 heterocycles. The summed E-state index contributed by atoms with van der Waals surface area (Å²) >= 11 is 0. The molecule has 7 aromatic carbocycles. The summed E-state index contributed by atoms with van der Waals surface area (Å²) < 4.78 is 40.5. The monoisotopic (exact) mass is 502 g/mol. The molecule has 0 saturated carbocycles. The molecule has 0 unspecified atom stereocenters. The molecule has 0 saturated heterocycles. The molecule has 0 bridgehead atoms. The Morgan fingerprint density at radius 1 is 0.487 bits per heavy atom. The van der Waals surface area contributed by atoms with Crippen LogP contribution in [0.1, 0.15) is 27.7 Å². The van der Waals surface area contributed by atoms with Gasteiger partial charge in [-0.25, -0.2) is 0 Å². The van der Waals surface area contributed by atoms with E-state index in [0.29, 0.717) is 12.8 Å². The van der Waals surface area contributed by atoms with Gasteiger partial charge in [0.25, 0.3) is 0 Å². The molecule has 184 valence electrons. The molecule has 0 aliphatic rings. The minimum atomic E-state index is 0.167. The van der Waals surface area contributed by atoms with Crippen LogP contribution < -0.4 is 0 Å². The van der Waals surface area contributed by atoms with Gasteiger partial charge in [-0.3, -0.25) is 0 Å². The van der Waals surface area contributed by atoms with E-state index in [1.807, 2.05) is 66.7 Å². The molecule has 0 amide bonds. The summed E-state index contributed by atoms with van der Waals surface area (Å²) in [7, 11) is 0. The molecule has 8 aromatic rings. The zero-order valence-corrected chi connectivity index (χ0v) is 21.2. The quantitative estimate of drug-likeness (QED) is 0.218. The van der Waals surface area contributed by atoms with Crippen LogP contribution in [0.5, 0.6) is 0 Å². The van der Waals surface area contributed by atoms with Crippen LogP contribution in [0.25, 0.3) is 54.3 Å². The van der Waals surface area contributed by atoms with E-state index in [2.05, 4.69) is 42.5 Å². The predicted octanol–water partition coefficient (Wildman–Crippen LogP) is 10.2. The molecular weight excluding hydrogens is 472 g/mol. The fraction of sp³-hybridized carbons (Fsp3) is 0.0526. The molecule has 0 spiro atoms. The first-order chi connectivity index (χ1) is 20.9. The summed E-state index contributed by atoms with van der Waals surface area (Å²) in [5.41, 5.74) is 5.89. The van der Waals surface area contributed by atoms with Crippen molar-refractivity contribution in [2.45, 2.75) is 12.8 Å². The number of rotatable bonds is 4. The first-order valence-corrected chi connectivity index (χ1v) is 13.3. The van der Waals surface area contributed by atoms with Crippen molar-refractivity contribution >= 4 is 54.3 Å². The molecule has 1 heteroatoms. The van der Waals surface area contributed by atoms with E-state index in [1.54, 1.807) is 0 Å². The second-order valence-electron chi connectivity index (χ2n) is 10.2. The summed E-state index contributed by atoms with van der Waals surface area (Å²) in [6.07, 6.45) is 1.16. The zero-order chi connectivity index (χ0) is 29.2. The summed E-state index contributed by atoms with van der Waals surface area (Å²) in [6.45, 7) is 0. The van der Waals surface area contributed by atoms with Gasteiger partial charge in [-0.1, -0.05) is 121 Å². The van der Waals surface area contributed by atoms with Crippen molar-refractivity contribution in [2.75, 3.05) is 0 Å². The van der Waals surface area contributed by atoms with Gasteiger partial charge in [-0.05, 0) is 79.5 Å². The minimum absolute atomic E-state index is 0.167. The van der Waals surface area contributed by atoms with Crippen molar-refractivity contribution in [1.29, 1.82) is 0 Å². The molecule has 1 aromatic heterocycles. The molecule has 0 N–H and O–H groups in total. The first kappa shape index (κ1) is 18.4. The Morgan fingerprint density at radius 2 is 1.10 bits per heavy atom. The second kappa shape index (κ2) is 8.85. The number of para-hydroxylation sites is 1. The average Bonchev–Trinajstić information content (AvgIpc) is 3.40. The van der Waals surface area contributed by atoms with Gasteiger partial charge in [0.05, 0.1) is 5.48 Å². The lowest BCUT2D eigenvalue weighted by atomic mass is 9.86. The maximum atomic E-state index is 8.59. The topological polar surface area (TPSA) is 13.1 Å². The Morgan fingerprint density at radius 3 is 1.85 bits per heavy atom. The van der Waals surface area contributed by atoms with Gasteiger partial charge in [0.1, 0.15) is 11.2 Å². The van der Waals surface area contributed by atoms with Crippen LogP contribution in [0.2, 0.25) is 0 Å². The third-order valence-electron chi connectivity index (χ3n) is 7.96. The molecule has 0 aliphatic heterocycles. The van der Waals surface area contributed by atoms with Crippen molar-refractivity contribution in [3.63, 3.8) is 0 Å². The molecule has 1 nitrogen and oxygen atoms in total. The Bertz CT molecular complexity index is 2330. The SMILES string of the molecule is [2H]c1cc2c(Cc3ccc4ccccc4c3)c3cc([2H])c([2H])cc3c(Cc3cccc4oc5ccccc5c34)c2cc1[2H]. The Balaban J connectivity index is 1.42. The second-order valence-corrected chi connectivity index (χ2v) is 10.2. The molecule has 0 aliphatic carbocycles. The van der Waals surface area contributed by atoms with Crippen LogP contribution in [0.4, 0.5) is 0 Å². The number of furan rings is 1. The molecule has 8 rings (SSSR count). The van der Waals surface area contributed by atoms with Gasteiger partial charge >= 0.3 is 0 Å². The van der Waals surface area contributed by atoms with Gasteiger partial charge in [0, 0.05) is 10.8 Å². The van der Waals surface area contributed by atoms with Crippen LogP contribution in [-0.4, -0.2) is 0 Å². The van der Waals surface area contributed by atoms with E-state index >= 15 is 0 Å². The maximum absolute atomic E-state index is 8.59. The van der Waals surface area contributed by atoms with E-state index in [0.717, 1.165) is 71.1 Å². The van der Waals surface area contributed by atoms with Crippen molar-refractivity contribution in [3.8, 4) is 0 Å². The fourth-order valence-electron chi connectivity index (χ4n) is 6.17. The number of hydrogen-bond donors (Lipinski definition) is 0. The molecule has 0 radical (unpaired) electrons. The fourth-order valence-corrected chi connectivity index (χ4v) is 6.17. The van der Waals surface area contributed by atoms with E-state index in [9.17, 15) is 0 Å². The molecule has 0 fully saturated rings. The Hall–Kier alpha value is -4.88. The molecule has 39 heavy (non-hydrogen) atoms. The number of hydrogen-bond acceptors (Lipinski definition) is 1. The van der Waals surface area contributed by atoms with Crippen LogP contribution in [0, 0.1) is 0 Å².